The lowest BCUT2D eigenvalue weighted by molar-refractivity contribution is 0.0971. The van der Waals surface area contributed by atoms with Gasteiger partial charge in [-0.3, -0.25) is 4.79 Å². The van der Waals surface area contributed by atoms with Gasteiger partial charge in [0.15, 0.2) is 5.78 Å². The fourth-order valence-corrected chi connectivity index (χ4v) is 2.27. The van der Waals surface area contributed by atoms with Crippen molar-refractivity contribution >= 4 is 5.78 Å². The number of aromatic hydroxyl groups is 1. The van der Waals surface area contributed by atoms with Gasteiger partial charge in [-0.2, -0.15) is 0 Å². The van der Waals surface area contributed by atoms with Gasteiger partial charge in [-0.1, -0.05) is 13.8 Å². The van der Waals surface area contributed by atoms with Crippen LogP contribution in [0.2, 0.25) is 0 Å². The summed E-state index contributed by atoms with van der Waals surface area (Å²) in [5, 5.41) is 9.59. The smallest absolute Gasteiger partial charge is 0.163 e. The number of fused-ring (bicyclic) bond motifs is 1. The zero-order valence-electron chi connectivity index (χ0n) is 9.21. The van der Waals surface area contributed by atoms with Crippen molar-refractivity contribution in [3.05, 3.63) is 28.8 Å². The summed E-state index contributed by atoms with van der Waals surface area (Å²) in [4.78, 5) is 11.8. The van der Waals surface area contributed by atoms with E-state index in [4.69, 9.17) is 0 Å². The number of carbonyl (C=O) groups excluding carboxylic acids is 1. The van der Waals surface area contributed by atoms with E-state index in [0.717, 1.165) is 29.5 Å². The summed E-state index contributed by atoms with van der Waals surface area (Å²) < 4.78 is 0. The normalized spacial score (nSPS) is 15.5. The first-order valence-corrected chi connectivity index (χ1v) is 5.48. The molecule has 0 bridgehead atoms. The largest absolute Gasteiger partial charge is 0.508 e. The van der Waals surface area contributed by atoms with Crippen LogP contribution in [0.25, 0.3) is 0 Å². The van der Waals surface area contributed by atoms with Crippen molar-refractivity contribution in [1.82, 2.24) is 0 Å². The lowest BCUT2D eigenvalue weighted by Gasteiger charge is -2.20. The first kappa shape index (κ1) is 10.2. The van der Waals surface area contributed by atoms with Gasteiger partial charge in [-0.15, -0.1) is 0 Å². The number of Topliss-reactive ketones (excluding diaryl/α,β-unsaturated/α-hetero) is 1. The van der Waals surface area contributed by atoms with Crippen LogP contribution in [0.1, 0.15) is 54.1 Å². The third kappa shape index (κ3) is 1.76. The van der Waals surface area contributed by atoms with Gasteiger partial charge < -0.3 is 5.11 Å². The Kier molecular flexibility index (Phi) is 2.51. The van der Waals surface area contributed by atoms with Crippen LogP contribution in [0.4, 0.5) is 0 Å². The van der Waals surface area contributed by atoms with Gasteiger partial charge in [0.25, 0.3) is 0 Å². The van der Waals surface area contributed by atoms with Crippen molar-refractivity contribution in [3.8, 4) is 5.75 Å². The molecular weight excluding hydrogens is 188 g/mol. The second-order valence-electron chi connectivity index (χ2n) is 4.50. The van der Waals surface area contributed by atoms with Crippen molar-refractivity contribution in [2.75, 3.05) is 0 Å². The molecule has 1 N–H and O–H groups in total. The maximum atomic E-state index is 11.8. The molecule has 1 aromatic carbocycles. The van der Waals surface area contributed by atoms with Crippen molar-refractivity contribution in [1.29, 1.82) is 0 Å². The summed E-state index contributed by atoms with van der Waals surface area (Å²) in [5.74, 6) is 0.806. The van der Waals surface area contributed by atoms with E-state index in [1.807, 2.05) is 0 Å². The van der Waals surface area contributed by atoms with Gasteiger partial charge in [0.05, 0.1) is 0 Å². The topological polar surface area (TPSA) is 37.3 Å². The average molecular weight is 204 g/mol. The maximum Gasteiger partial charge on any atom is 0.163 e. The summed E-state index contributed by atoms with van der Waals surface area (Å²) >= 11 is 0. The molecule has 0 fully saturated rings. The molecule has 0 aromatic heterocycles. The van der Waals surface area contributed by atoms with Crippen LogP contribution in [-0.4, -0.2) is 10.9 Å². The quantitative estimate of drug-likeness (QED) is 0.763. The number of rotatable bonds is 1. The molecule has 1 aromatic rings. The van der Waals surface area contributed by atoms with E-state index in [9.17, 15) is 9.90 Å². The predicted molar refractivity (Wildman–Crippen MR) is 59.5 cm³/mol. The Labute approximate surface area is 89.9 Å². The number of aryl methyl sites for hydroxylation is 1. The van der Waals surface area contributed by atoms with E-state index in [-0.39, 0.29) is 17.5 Å². The fraction of sp³-hybridized carbons (Fsp3) is 0.462. The molecule has 0 atom stereocenters. The number of phenolic OH excluding ortho intramolecular Hbond substituents is 1. The Morgan fingerprint density at radius 2 is 2.00 bits per heavy atom. The van der Waals surface area contributed by atoms with E-state index >= 15 is 0 Å². The molecule has 0 saturated carbocycles. The first-order valence-electron chi connectivity index (χ1n) is 5.48. The Morgan fingerprint density at radius 1 is 1.27 bits per heavy atom. The molecule has 1 aliphatic carbocycles. The zero-order chi connectivity index (χ0) is 11.0. The van der Waals surface area contributed by atoms with Crippen LogP contribution in [0.15, 0.2) is 12.1 Å². The van der Waals surface area contributed by atoms with Crippen molar-refractivity contribution in [2.24, 2.45) is 0 Å². The average Bonchev–Trinajstić information content (AvgIpc) is 2.16. The number of phenols is 1. The molecule has 2 rings (SSSR count). The highest BCUT2D eigenvalue weighted by Crippen LogP contribution is 2.32. The van der Waals surface area contributed by atoms with Gasteiger partial charge in [-0.05, 0) is 42.0 Å². The van der Waals surface area contributed by atoms with Crippen LogP contribution in [-0.2, 0) is 6.42 Å². The van der Waals surface area contributed by atoms with Gasteiger partial charge in [0.1, 0.15) is 5.75 Å². The molecule has 0 aliphatic heterocycles. The molecular formula is C13H16O2. The minimum atomic E-state index is 0.236. The molecule has 0 heterocycles. The SMILES string of the molecule is CC(C)c1cc(O)cc2c1C(=O)CCC2. The minimum Gasteiger partial charge on any atom is -0.508 e. The van der Waals surface area contributed by atoms with E-state index < -0.39 is 0 Å². The molecule has 0 unspecified atom stereocenters. The van der Waals surface area contributed by atoms with E-state index in [0.29, 0.717) is 6.42 Å². The van der Waals surface area contributed by atoms with Crippen LogP contribution in [0.3, 0.4) is 0 Å². The Hall–Kier alpha value is -1.31. The highest BCUT2D eigenvalue weighted by Gasteiger charge is 2.22. The maximum absolute atomic E-state index is 11.8. The number of ketones is 1. The molecule has 80 valence electrons. The summed E-state index contributed by atoms with van der Waals surface area (Å²) in [5.41, 5.74) is 2.89. The third-order valence-corrected chi connectivity index (χ3v) is 2.99. The van der Waals surface area contributed by atoms with Crippen LogP contribution < -0.4 is 0 Å². The molecule has 1 aliphatic rings. The molecule has 2 heteroatoms. The van der Waals surface area contributed by atoms with Gasteiger partial charge in [0, 0.05) is 12.0 Å². The van der Waals surface area contributed by atoms with Gasteiger partial charge in [-0.25, -0.2) is 0 Å². The molecule has 15 heavy (non-hydrogen) atoms. The highest BCUT2D eigenvalue weighted by atomic mass is 16.3. The number of hydrogen-bond donors (Lipinski definition) is 1. The van der Waals surface area contributed by atoms with Crippen LogP contribution >= 0.6 is 0 Å². The van der Waals surface area contributed by atoms with Crippen LogP contribution in [0.5, 0.6) is 5.75 Å². The van der Waals surface area contributed by atoms with Gasteiger partial charge in [0.2, 0.25) is 0 Å². The molecule has 0 saturated heterocycles. The summed E-state index contributed by atoms with van der Waals surface area (Å²) in [7, 11) is 0. The van der Waals surface area contributed by atoms with Crippen molar-refractivity contribution in [3.63, 3.8) is 0 Å². The standard InChI is InChI=1S/C13H16O2/c1-8(2)11-7-10(14)6-9-4-3-5-12(15)13(9)11/h6-8,14H,3-5H2,1-2H3. The lowest BCUT2D eigenvalue weighted by Crippen LogP contribution is -2.14. The molecule has 0 amide bonds. The predicted octanol–water partition coefficient (Wildman–Crippen LogP) is 3.03. The Bertz CT molecular complexity index is 405. The summed E-state index contributed by atoms with van der Waals surface area (Å²) in [6.07, 6.45) is 2.47. The molecule has 0 radical (unpaired) electrons. The van der Waals surface area contributed by atoms with E-state index in [1.54, 1.807) is 12.1 Å². The minimum absolute atomic E-state index is 0.236. The van der Waals surface area contributed by atoms with Crippen molar-refractivity contribution in [2.45, 2.75) is 39.0 Å². The monoisotopic (exact) mass is 204 g/mol. The second kappa shape index (κ2) is 3.69. The first-order chi connectivity index (χ1) is 7.09. The van der Waals surface area contributed by atoms with Gasteiger partial charge >= 0.3 is 0 Å². The second-order valence-corrected chi connectivity index (χ2v) is 4.50. The Morgan fingerprint density at radius 3 is 2.67 bits per heavy atom. The van der Waals surface area contributed by atoms with Crippen molar-refractivity contribution < 1.29 is 9.90 Å². The Balaban J connectivity index is 2.63. The number of benzene rings is 1. The van der Waals surface area contributed by atoms with Crippen LogP contribution in [0, 0.1) is 0 Å². The lowest BCUT2D eigenvalue weighted by atomic mass is 9.83. The zero-order valence-corrected chi connectivity index (χ0v) is 9.21. The van der Waals surface area contributed by atoms with E-state index in [1.165, 1.54) is 0 Å². The van der Waals surface area contributed by atoms with E-state index in [2.05, 4.69) is 13.8 Å². The summed E-state index contributed by atoms with van der Waals surface area (Å²) in [6.45, 7) is 4.11. The number of hydrogen-bond acceptors (Lipinski definition) is 2. The highest BCUT2D eigenvalue weighted by molar-refractivity contribution is 6.00. The third-order valence-electron chi connectivity index (χ3n) is 2.99. The number of carbonyl (C=O) groups is 1. The molecule has 2 nitrogen and oxygen atoms in total. The fourth-order valence-electron chi connectivity index (χ4n) is 2.27. The molecule has 0 spiro atoms. The summed E-state index contributed by atoms with van der Waals surface area (Å²) in [6, 6.07) is 3.46.